The molecule has 1 aromatic heterocycles. The molecular weight excluding hydrogens is 290 g/mol. The summed E-state index contributed by atoms with van der Waals surface area (Å²) in [6.07, 6.45) is 5.66. The highest BCUT2D eigenvalue weighted by atomic mass is 16.3. The minimum atomic E-state index is -0.560. The smallest absolute Gasteiger partial charge is 0.238 e. The zero-order chi connectivity index (χ0) is 15.9. The van der Waals surface area contributed by atoms with Crippen molar-refractivity contribution in [3.8, 4) is 0 Å². The van der Waals surface area contributed by atoms with Crippen molar-refractivity contribution in [1.29, 1.82) is 0 Å². The molecule has 0 atom stereocenters. The van der Waals surface area contributed by atoms with Gasteiger partial charge in [-0.3, -0.25) is 14.6 Å². The van der Waals surface area contributed by atoms with Crippen LogP contribution >= 0.6 is 0 Å². The van der Waals surface area contributed by atoms with Crippen molar-refractivity contribution in [3.05, 3.63) is 5.82 Å². The number of carbonyl (C=O) groups is 1. The Labute approximate surface area is 128 Å². The Hall–Kier alpha value is -1.84. The highest BCUT2D eigenvalue weighted by Gasteiger charge is 2.23. The molecule has 9 nitrogen and oxygen atoms in total. The van der Waals surface area contributed by atoms with Crippen molar-refractivity contribution >= 4 is 18.3 Å². The molecule has 122 valence electrons. The average Bonchev–Trinajstić information content (AvgIpc) is 2.58. The minimum absolute atomic E-state index is 0.00923. The molecule has 3 N–H and O–H groups in total. The molecule has 0 spiro atoms. The van der Waals surface area contributed by atoms with E-state index in [2.05, 4.69) is 15.0 Å². The first-order valence-electron chi connectivity index (χ1n) is 7.29. The van der Waals surface area contributed by atoms with Gasteiger partial charge in [0, 0.05) is 5.92 Å². The van der Waals surface area contributed by atoms with E-state index < -0.39 is 20.2 Å². The third kappa shape index (κ3) is 3.67. The highest BCUT2D eigenvalue weighted by molar-refractivity contribution is 5.70. The van der Waals surface area contributed by atoms with Crippen LogP contribution in [0, 0.1) is 0 Å². The van der Waals surface area contributed by atoms with Crippen LogP contribution in [0.5, 0.6) is 0 Å². The fourth-order valence-corrected chi connectivity index (χ4v) is 2.50. The molecule has 0 aromatic carbocycles. The maximum atomic E-state index is 11.0. The average molecular weight is 311 g/mol. The van der Waals surface area contributed by atoms with Gasteiger partial charge in [0.15, 0.2) is 0 Å². The van der Waals surface area contributed by atoms with Crippen molar-refractivity contribution in [1.82, 2.24) is 15.0 Å². The molecule has 1 fully saturated rings. The summed E-state index contributed by atoms with van der Waals surface area (Å²) in [6.45, 7) is -1.50. The Morgan fingerprint density at radius 3 is 2.14 bits per heavy atom. The summed E-state index contributed by atoms with van der Waals surface area (Å²) in [5, 5.41) is 27.7. The zero-order valence-electron chi connectivity index (χ0n) is 12.3. The summed E-state index contributed by atoms with van der Waals surface area (Å²) in [5.41, 5.74) is 0. The van der Waals surface area contributed by atoms with Gasteiger partial charge in [-0.1, -0.05) is 19.3 Å². The first-order valence-corrected chi connectivity index (χ1v) is 7.29. The number of aliphatic hydroxyl groups is 3. The third-order valence-electron chi connectivity index (χ3n) is 3.76. The van der Waals surface area contributed by atoms with Crippen molar-refractivity contribution in [2.75, 3.05) is 30.0 Å². The van der Waals surface area contributed by atoms with E-state index in [9.17, 15) is 20.1 Å². The van der Waals surface area contributed by atoms with Crippen LogP contribution in [0.3, 0.4) is 0 Å². The van der Waals surface area contributed by atoms with Gasteiger partial charge < -0.3 is 15.3 Å². The summed E-state index contributed by atoms with van der Waals surface area (Å²) in [4.78, 5) is 25.7. The van der Waals surface area contributed by atoms with Crippen molar-refractivity contribution in [2.24, 2.45) is 0 Å². The first kappa shape index (κ1) is 16.5. The molecule has 9 heteroatoms. The molecule has 1 saturated carbocycles. The van der Waals surface area contributed by atoms with Crippen LogP contribution in [-0.4, -0.2) is 56.9 Å². The van der Waals surface area contributed by atoms with Crippen molar-refractivity contribution in [2.45, 2.75) is 38.0 Å². The van der Waals surface area contributed by atoms with E-state index in [0.717, 1.165) is 35.5 Å². The molecule has 2 rings (SSSR count). The standard InChI is InChI=1S/C13H21N5O4/c19-6-17(7-20)12-14-11(10-4-2-1-3-5-10)15-13(16-12)18(8-21)9-22/h6,10,20-22H,1-5,7-9H2. The van der Waals surface area contributed by atoms with Crippen molar-refractivity contribution in [3.63, 3.8) is 0 Å². The predicted molar refractivity (Wildman–Crippen MR) is 77.9 cm³/mol. The Balaban J connectivity index is 2.40. The topological polar surface area (TPSA) is 123 Å². The van der Waals surface area contributed by atoms with E-state index in [-0.39, 0.29) is 17.8 Å². The molecule has 0 saturated heterocycles. The Morgan fingerprint density at radius 2 is 1.59 bits per heavy atom. The molecular formula is C13H21N5O4. The lowest BCUT2D eigenvalue weighted by molar-refractivity contribution is -0.108. The third-order valence-corrected chi connectivity index (χ3v) is 3.76. The number of hydrogen-bond acceptors (Lipinski definition) is 8. The van der Waals surface area contributed by atoms with Gasteiger partial charge in [-0.15, -0.1) is 0 Å². The Morgan fingerprint density at radius 1 is 0.955 bits per heavy atom. The van der Waals surface area contributed by atoms with E-state index >= 15 is 0 Å². The number of carbonyl (C=O) groups excluding carboxylic acids is 1. The second-order valence-corrected chi connectivity index (χ2v) is 5.17. The lowest BCUT2D eigenvalue weighted by atomic mass is 9.89. The van der Waals surface area contributed by atoms with Gasteiger partial charge in [-0.05, 0) is 12.8 Å². The molecule has 1 aliphatic rings. The van der Waals surface area contributed by atoms with E-state index in [1.807, 2.05) is 0 Å². The highest BCUT2D eigenvalue weighted by Crippen LogP contribution is 2.31. The number of amides is 1. The van der Waals surface area contributed by atoms with Gasteiger partial charge in [-0.25, -0.2) is 0 Å². The molecule has 1 amide bonds. The van der Waals surface area contributed by atoms with Gasteiger partial charge >= 0.3 is 0 Å². The van der Waals surface area contributed by atoms with Crippen LogP contribution < -0.4 is 9.80 Å². The number of rotatable bonds is 7. The second kappa shape index (κ2) is 7.97. The maximum absolute atomic E-state index is 11.0. The van der Waals surface area contributed by atoms with Crippen LogP contribution in [0.4, 0.5) is 11.9 Å². The number of anilines is 2. The predicted octanol–water partition coefficient (Wildman–Crippen LogP) is -0.462. The summed E-state index contributed by atoms with van der Waals surface area (Å²) in [5.74, 6) is 0.762. The summed E-state index contributed by atoms with van der Waals surface area (Å²) < 4.78 is 0. The van der Waals surface area contributed by atoms with Crippen LogP contribution in [0.25, 0.3) is 0 Å². The minimum Gasteiger partial charge on any atom is -0.376 e. The number of hydrogen-bond donors (Lipinski definition) is 3. The van der Waals surface area contributed by atoms with Gasteiger partial charge in [0.2, 0.25) is 18.3 Å². The molecule has 1 aliphatic carbocycles. The number of aliphatic hydroxyl groups excluding tert-OH is 3. The Bertz CT molecular complexity index is 491. The molecule has 0 radical (unpaired) electrons. The van der Waals surface area contributed by atoms with Gasteiger partial charge in [-0.2, -0.15) is 15.0 Å². The van der Waals surface area contributed by atoms with E-state index in [1.54, 1.807) is 0 Å². The Kier molecular flexibility index (Phi) is 5.99. The largest absolute Gasteiger partial charge is 0.376 e. The fraction of sp³-hybridized carbons (Fsp3) is 0.692. The summed E-state index contributed by atoms with van der Waals surface area (Å²) in [6, 6.07) is 0. The number of nitrogens with zero attached hydrogens (tertiary/aromatic N) is 5. The van der Waals surface area contributed by atoms with E-state index in [4.69, 9.17) is 0 Å². The fourth-order valence-electron chi connectivity index (χ4n) is 2.50. The van der Waals surface area contributed by atoms with Crippen LogP contribution in [0.1, 0.15) is 43.8 Å². The normalized spacial score (nSPS) is 15.6. The molecule has 0 bridgehead atoms. The molecule has 22 heavy (non-hydrogen) atoms. The SMILES string of the molecule is O=CN(CO)c1nc(C2CCCCC2)nc(N(CO)CO)n1. The molecule has 1 aromatic rings. The monoisotopic (exact) mass is 311 g/mol. The van der Waals surface area contributed by atoms with Gasteiger partial charge in [0.1, 0.15) is 26.0 Å². The van der Waals surface area contributed by atoms with Crippen LogP contribution in [-0.2, 0) is 4.79 Å². The lowest BCUT2D eigenvalue weighted by Gasteiger charge is -2.24. The lowest BCUT2D eigenvalue weighted by Crippen LogP contribution is -2.31. The quantitative estimate of drug-likeness (QED) is 0.456. The molecule has 0 aliphatic heterocycles. The maximum Gasteiger partial charge on any atom is 0.238 e. The van der Waals surface area contributed by atoms with Crippen LogP contribution in [0.15, 0.2) is 0 Å². The first-order chi connectivity index (χ1) is 10.7. The van der Waals surface area contributed by atoms with Crippen LogP contribution in [0.2, 0.25) is 0 Å². The summed E-state index contributed by atoms with van der Waals surface area (Å²) in [7, 11) is 0. The van der Waals surface area contributed by atoms with Gasteiger partial charge in [0.25, 0.3) is 0 Å². The van der Waals surface area contributed by atoms with E-state index in [0.29, 0.717) is 12.2 Å². The van der Waals surface area contributed by atoms with Gasteiger partial charge in [0.05, 0.1) is 0 Å². The molecule has 0 unspecified atom stereocenters. The van der Waals surface area contributed by atoms with E-state index in [1.165, 1.54) is 6.42 Å². The molecule has 1 heterocycles. The number of aromatic nitrogens is 3. The summed E-state index contributed by atoms with van der Waals surface area (Å²) >= 11 is 0. The second-order valence-electron chi connectivity index (χ2n) is 5.17. The van der Waals surface area contributed by atoms with Crippen molar-refractivity contribution < 1.29 is 20.1 Å². The zero-order valence-corrected chi connectivity index (χ0v) is 12.3.